The zero-order valence-corrected chi connectivity index (χ0v) is 14.5. The van der Waals surface area contributed by atoms with Gasteiger partial charge in [0, 0.05) is 18.3 Å². The molecule has 0 fully saturated rings. The van der Waals surface area contributed by atoms with Crippen LogP contribution in [0, 0.1) is 0 Å². The fourth-order valence-corrected chi connectivity index (χ4v) is 2.24. The molecule has 0 bridgehead atoms. The lowest BCUT2D eigenvalue weighted by molar-refractivity contribution is 0.0527. The van der Waals surface area contributed by atoms with Gasteiger partial charge >= 0.3 is 5.97 Å². The molecule has 0 spiro atoms. The van der Waals surface area contributed by atoms with Crippen LogP contribution in [0.15, 0.2) is 42.6 Å². The van der Waals surface area contributed by atoms with E-state index in [2.05, 4.69) is 22.5 Å². The number of carbonyl (C=O) groups is 2. The Labute approximate surface area is 147 Å². The van der Waals surface area contributed by atoms with E-state index >= 15 is 0 Å². The lowest BCUT2D eigenvalue weighted by atomic mass is 10.1. The monoisotopic (exact) mass is 341 g/mol. The van der Waals surface area contributed by atoms with E-state index in [1.165, 1.54) is 0 Å². The van der Waals surface area contributed by atoms with Gasteiger partial charge in [0.1, 0.15) is 5.82 Å². The SMILES string of the molecule is CCCCNC(=O)c1ccnc(Nc2ccccc2C(=O)OCC)c1. The number of hydrogen-bond donors (Lipinski definition) is 2. The molecule has 132 valence electrons. The molecule has 25 heavy (non-hydrogen) atoms. The van der Waals surface area contributed by atoms with Crippen molar-refractivity contribution in [2.45, 2.75) is 26.7 Å². The van der Waals surface area contributed by atoms with Gasteiger partial charge in [-0.2, -0.15) is 0 Å². The molecule has 2 rings (SSSR count). The van der Waals surface area contributed by atoms with Gasteiger partial charge in [-0.25, -0.2) is 9.78 Å². The number of carbonyl (C=O) groups excluding carboxylic acids is 2. The van der Waals surface area contributed by atoms with Crippen molar-refractivity contribution in [3.63, 3.8) is 0 Å². The van der Waals surface area contributed by atoms with Gasteiger partial charge in [-0.3, -0.25) is 4.79 Å². The molecule has 1 aromatic heterocycles. The third kappa shape index (κ3) is 5.31. The number of pyridine rings is 1. The van der Waals surface area contributed by atoms with Crippen LogP contribution in [0.25, 0.3) is 0 Å². The number of nitrogens with one attached hydrogen (secondary N) is 2. The van der Waals surface area contributed by atoms with Gasteiger partial charge < -0.3 is 15.4 Å². The predicted octanol–water partition coefficient (Wildman–Crippen LogP) is 3.53. The summed E-state index contributed by atoms with van der Waals surface area (Å²) < 4.78 is 5.06. The number of nitrogens with zero attached hydrogens (tertiary/aromatic N) is 1. The highest BCUT2D eigenvalue weighted by Crippen LogP contribution is 2.21. The zero-order chi connectivity index (χ0) is 18.1. The first-order valence-corrected chi connectivity index (χ1v) is 8.43. The van der Waals surface area contributed by atoms with Crippen molar-refractivity contribution in [3.8, 4) is 0 Å². The number of aromatic nitrogens is 1. The number of ether oxygens (including phenoxy) is 1. The number of para-hydroxylation sites is 1. The van der Waals surface area contributed by atoms with E-state index < -0.39 is 5.97 Å². The van der Waals surface area contributed by atoms with Crippen LogP contribution in [-0.4, -0.2) is 30.0 Å². The van der Waals surface area contributed by atoms with E-state index in [1.807, 2.05) is 6.07 Å². The summed E-state index contributed by atoms with van der Waals surface area (Å²) in [4.78, 5) is 28.4. The summed E-state index contributed by atoms with van der Waals surface area (Å²) in [7, 11) is 0. The maximum atomic E-state index is 12.1. The van der Waals surface area contributed by atoms with Gasteiger partial charge in [0.15, 0.2) is 0 Å². The van der Waals surface area contributed by atoms with Crippen LogP contribution in [0.1, 0.15) is 47.4 Å². The van der Waals surface area contributed by atoms with Gasteiger partial charge in [-0.05, 0) is 37.6 Å². The Morgan fingerprint density at radius 3 is 2.72 bits per heavy atom. The van der Waals surface area contributed by atoms with E-state index in [-0.39, 0.29) is 5.91 Å². The Morgan fingerprint density at radius 1 is 1.16 bits per heavy atom. The minimum absolute atomic E-state index is 0.141. The molecular weight excluding hydrogens is 318 g/mol. The number of esters is 1. The highest BCUT2D eigenvalue weighted by molar-refractivity contribution is 5.97. The number of anilines is 2. The van der Waals surface area contributed by atoms with Gasteiger partial charge in [0.25, 0.3) is 5.91 Å². The second-order valence-electron chi connectivity index (χ2n) is 5.43. The maximum absolute atomic E-state index is 12.1. The van der Waals surface area contributed by atoms with Crippen molar-refractivity contribution < 1.29 is 14.3 Å². The first-order valence-electron chi connectivity index (χ1n) is 8.43. The predicted molar refractivity (Wildman–Crippen MR) is 97.2 cm³/mol. The number of hydrogen-bond acceptors (Lipinski definition) is 5. The van der Waals surface area contributed by atoms with Crippen LogP contribution in [-0.2, 0) is 4.74 Å². The standard InChI is InChI=1S/C19H23N3O3/c1-3-5-11-21-18(23)14-10-12-20-17(13-14)22-16-9-7-6-8-15(16)19(24)25-4-2/h6-10,12-13H,3-5,11H2,1-2H3,(H,20,22)(H,21,23). The average Bonchev–Trinajstić information content (AvgIpc) is 2.63. The number of rotatable bonds is 8. The number of amides is 1. The molecule has 6 heteroatoms. The Kier molecular flexibility index (Phi) is 6.95. The highest BCUT2D eigenvalue weighted by Gasteiger charge is 2.13. The molecular formula is C19H23N3O3. The van der Waals surface area contributed by atoms with E-state index in [9.17, 15) is 9.59 Å². The topological polar surface area (TPSA) is 80.3 Å². The van der Waals surface area contributed by atoms with Gasteiger partial charge in [0.2, 0.25) is 0 Å². The van der Waals surface area contributed by atoms with Crippen LogP contribution in [0.4, 0.5) is 11.5 Å². The summed E-state index contributed by atoms with van der Waals surface area (Å²) in [6.45, 7) is 4.78. The van der Waals surface area contributed by atoms with Gasteiger partial charge in [0.05, 0.1) is 17.9 Å². The van der Waals surface area contributed by atoms with Crippen molar-refractivity contribution in [1.29, 1.82) is 0 Å². The molecule has 0 aliphatic rings. The van der Waals surface area contributed by atoms with Crippen molar-refractivity contribution in [2.75, 3.05) is 18.5 Å². The minimum Gasteiger partial charge on any atom is -0.462 e. The molecule has 0 saturated heterocycles. The van der Waals surface area contributed by atoms with E-state index in [0.29, 0.717) is 35.8 Å². The summed E-state index contributed by atoms with van der Waals surface area (Å²) >= 11 is 0. The molecule has 2 N–H and O–H groups in total. The molecule has 0 aliphatic carbocycles. The molecule has 0 radical (unpaired) electrons. The molecule has 6 nitrogen and oxygen atoms in total. The zero-order valence-electron chi connectivity index (χ0n) is 14.5. The Morgan fingerprint density at radius 2 is 1.96 bits per heavy atom. The van der Waals surface area contributed by atoms with Gasteiger partial charge in [-0.15, -0.1) is 0 Å². The lowest BCUT2D eigenvalue weighted by Crippen LogP contribution is -2.24. The molecule has 1 aromatic carbocycles. The third-order valence-corrected chi connectivity index (χ3v) is 3.52. The molecule has 0 atom stereocenters. The van der Waals surface area contributed by atoms with E-state index in [4.69, 9.17) is 4.74 Å². The van der Waals surface area contributed by atoms with Crippen LogP contribution in [0.3, 0.4) is 0 Å². The van der Waals surface area contributed by atoms with Crippen molar-refractivity contribution in [1.82, 2.24) is 10.3 Å². The third-order valence-electron chi connectivity index (χ3n) is 3.52. The summed E-state index contributed by atoms with van der Waals surface area (Å²) in [5.41, 5.74) is 1.52. The maximum Gasteiger partial charge on any atom is 0.340 e. The highest BCUT2D eigenvalue weighted by atomic mass is 16.5. The molecule has 1 heterocycles. The fraction of sp³-hybridized carbons (Fsp3) is 0.316. The fourth-order valence-electron chi connectivity index (χ4n) is 2.24. The number of unbranched alkanes of at least 4 members (excludes halogenated alkanes) is 1. The van der Waals surface area contributed by atoms with Crippen LogP contribution in [0.2, 0.25) is 0 Å². The van der Waals surface area contributed by atoms with Crippen LogP contribution < -0.4 is 10.6 Å². The normalized spacial score (nSPS) is 10.2. The van der Waals surface area contributed by atoms with Crippen molar-refractivity contribution in [3.05, 3.63) is 53.7 Å². The Hall–Kier alpha value is -2.89. The van der Waals surface area contributed by atoms with Crippen LogP contribution in [0.5, 0.6) is 0 Å². The lowest BCUT2D eigenvalue weighted by Gasteiger charge is -2.11. The molecule has 0 saturated carbocycles. The second-order valence-corrected chi connectivity index (χ2v) is 5.43. The molecule has 0 aliphatic heterocycles. The van der Waals surface area contributed by atoms with Crippen LogP contribution >= 0.6 is 0 Å². The van der Waals surface area contributed by atoms with E-state index in [0.717, 1.165) is 12.8 Å². The molecule has 0 unspecified atom stereocenters. The van der Waals surface area contributed by atoms with Crippen molar-refractivity contribution >= 4 is 23.4 Å². The first kappa shape index (κ1) is 18.4. The summed E-state index contributed by atoms with van der Waals surface area (Å²) in [6.07, 6.45) is 3.52. The van der Waals surface area contributed by atoms with Gasteiger partial charge in [-0.1, -0.05) is 25.5 Å². The molecule has 1 amide bonds. The smallest absolute Gasteiger partial charge is 0.340 e. The Bertz CT molecular complexity index is 731. The molecule has 2 aromatic rings. The second kappa shape index (κ2) is 9.42. The summed E-state index contributed by atoms with van der Waals surface area (Å²) in [5, 5.41) is 5.95. The summed E-state index contributed by atoms with van der Waals surface area (Å²) in [5.74, 6) is -0.0588. The average molecular weight is 341 g/mol. The Balaban J connectivity index is 2.15. The number of benzene rings is 1. The summed E-state index contributed by atoms with van der Waals surface area (Å²) in [6, 6.07) is 10.3. The minimum atomic E-state index is -0.404. The largest absolute Gasteiger partial charge is 0.462 e. The quantitative estimate of drug-likeness (QED) is 0.567. The van der Waals surface area contributed by atoms with E-state index in [1.54, 1.807) is 43.5 Å². The van der Waals surface area contributed by atoms with Crippen molar-refractivity contribution in [2.24, 2.45) is 0 Å². The first-order chi connectivity index (χ1) is 12.2.